The first-order valence-corrected chi connectivity index (χ1v) is 10.2. The van der Waals surface area contributed by atoms with Gasteiger partial charge in [0, 0.05) is 26.7 Å². The van der Waals surface area contributed by atoms with Crippen LogP contribution in [0.25, 0.3) is 5.57 Å². The Morgan fingerprint density at radius 2 is 1.68 bits per heavy atom. The molecule has 1 aromatic rings. The Morgan fingerprint density at radius 3 is 2.00 bits per heavy atom. The fraction of sp³-hybridized carbons (Fsp3) is 0.583. The fourth-order valence-electron chi connectivity index (χ4n) is 1.96. The molecule has 0 atom stereocenters. The molecule has 1 aromatic heterocycles. The molecule has 180 valence electrons. The van der Waals surface area contributed by atoms with Crippen LogP contribution in [0.3, 0.4) is 0 Å². The minimum absolute atomic E-state index is 0.0972. The number of methoxy groups -OCH3 is 1. The van der Waals surface area contributed by atoms with E-state index in [1.165, 1.54) is 6.07 Å². The van der Waals surface area contributed by atoms with E-state index in [0.29, 0.717) is 30.4 Å². The van der Waals surface area contributed by atoms with Gasteiger partial charge in [0.15, 0.2) is 5.78 Å². The lowest BCUT2D eigenvalue weighted by Crippen LogP contribution is -2.13. The van der Waals surface area contributed by atoms with Crippen LogP contribution in [0.4, 0.5) is 8.78 Å². The molecule has 0 aliphatic carbocycles. The minimum Gasteiger partial charge on any atom is -0.400 e. The summed E-state index contributed by atoms with van der Waals surface area (Å²) in [6.07, 6.45) is 0. The number of ether oxygens (including phenoxy) is 2. The number of aliphatic hydroxyl groups excluding tert-OH is 1. The number of carbonyl (C=O) groups is 1. The Bertz CT molecular complexity index is 653. The van der Waals surface area contributed by atoms with Crippen molar-refractivity contribution in [1.29, 1.82) is 0 Å². The van der Waals surface area contributed by atoms with E-state index in [-0.39, 0.29) is 18.1 Å². The van der Waals surface area contributed by atoms with Gasteiger partial charge in [0.25, 0.3) is 5.92 Å². The number of alkyl halides is 2. The van der Waals surface area contributed by atoms with Crippen LogP contribution in [0.15, 0.2) is 30.9 Å². The normalized spacial score (nSPS) is 9.97. The molecule has 0 saturated heterocycles. The molecule has 31 heavy (non-hydrogen) atoms. The van der Waals surface area contributed by atoms with Gasteiger partial charge in [-0.1, -0.05) is 46.9 Å². The summed E-state index contributed by atoms with van der Waals surface area (Å²) in [4.78, 5) is 14.5. The van der Waals surface area contributed by atoms with Crippen LogP contribution in [-0.4, -0.2) is 43.3 Å². The lowest BCUT2D eigenvalue weighted by molar-refractivity contribution is -0.114. The number of aromatic nitrogens is 1. The Morgan fingerprint density at radius 1 is 1.16 bits per heavy atom. The monoisotopic (exact) mass is 445 g/mol. The van der Waals surface area contributed by atoms with Gasteiger partial charge in [0.05, 0.1) is 25.5 Å². The minimum atomic E-state index is -2.96. The van der Waals surface area contributed by atoms with E-state index in [1.807, 2.05) is 27.7 Å². The number of halogens is 2. The van der Waals surface area contributed by atoms with Gasteiger partial charge in [-0.3, -0.25) is 4.79 Å². The highest BCUT2D eigenvalue weighted by Crippen LogP contribution is 2.27. The molecule has 0 aromatic carbocycles. The van der Waals surface area contributed by atoms with Crippen molar-refractivity contribution < 1.29 is 28.2 Å². The zero-order valence-electron chi connectivity index (χ0n) is 20.6. The van der Waals surface area contributed by atoms with Gasteiger partial charge >= 0.3 is 0 Å². The number of allylic oxidation sites excluding steroid dienone is 2. The molecular weight excluding hydrogens is 404 g/mol. The van der Waals surface area contributed by atoms with Gasteiger partial charge in [0.2, 0.25) is 0 Å². The Kier molecular flexibility index (Phi) is 20.4. The third-order valence-corrected chi connectivity index (χ3v) is 3.70. The number of pyridine rings is 1. The average molecular weight is 446 g/mol. The molecule has 0 bridgehead atoms. The average Bonchev–Trinajstić information content (AvgIpc) is 2.73. The van der Waals surface area contributed by atoms with E-state index < -0.39 is 5.92 Å². The Hall–Kier alpha value is -1.96. The summed E-state index contributed by atoms with van der Waals surface area (Å²) >= 11 is 0. The largest absolute Gasteiger partial charge is 0.400 e. The third-order valence-electron chi connectivity index (χ3n) is 3.70. The van der Waals surface area contributed by atoms with Crippen LogP contribution < -0.4 is 0 Å². The van der Waals surface area contributed by atoms with E-state index in [9.17, 15) is 13.6 Å². The zero-order chi connectivity index (χ0) is 25.2. The predicted octanol–water partition coefficient (Wildman–Crippen LogP) is 5.81. The summed E-state index contributed by atoms with van der Waals surface area (Å²) in [5, 5.41) is 7.00. The number of hydrogen-bond acceptors (Lipinski definition) is 5. The summed E-state index contributed by atoms with van der Waals surface area (Å²) in [7, 11) is 2.57. The summed E-state index contributed by atoms with van der Waals surface area (Å²) in [5.41, 5.74) is 2.43. The molecule has 1 N–H and O–H groups in total. The van der Waals surface area contributed by atoms with E-state index >= 15 is 0 Å². The first kappa shape index (κ1) is 33.7. The smallest absolute Gasteiger partial charge is 0.286 e. The molecule has 1 rings (SSSR count). The number of nitrogens with zero attached hydrogens (tertiary/aromatic N) is 1. The van der Waals surface area contributed by atoms with E-state index in [2.05, 4.69) is 18.1 Å². The number of hydrogen-bond donors (Lipinski definition) is 1. The van der Waals surface area contributed by atoms with Crippen molar-refractivity contribution in [3.05, 3.63) is 47.8 Å². The Labute approximate surface area is 187 Å². The van der Waals surface area contributed by atoms with Crippen LogP contribution in [-0.2, 0) is 26.8 Å². The van der Waals surface area contributed by atoms with Gasteiger partial charge in [0.1, 0.15) is 5.69 Å². The van der Waals surface area contributed by atoms with Crippen molar-refractivity contribution in [3.63, 3.8) is 0 Å². The van der Waals surface area contributed by atoms with Crippen molar-refractivity contribution in [1.82, 2.24) is 4.98 Å². The predicted molar refractivity (Wildman–Crippen MR) is 124 cm³/mol. The lowest BCUT2D eigenvalue weighted by Gasteiger charge is -2.14. The van der Waals surface area contributed by atoms with E-state index in [1.54, 1.807) is 27.0 Å². The molecule has 0 radical (unpaired) electrons. The molecule has 0 amide bonds. The van der Waals surface area contributed by atoms with Crippen LogP contribution in [0, 0.1) is 5.92 Å². The number of rotatable bonds is 9. The maximum atomic E-state index is 13.3. The molecule has 7 heteroatoms. The maximum Gasteiger partial charge on any atom is 0.286 e. The second-order valence-corrected chi connectivity index (χ2v) is 6.64. The molecule has 0 spiro atoms. The van der Waals surface area contributed by atoms with Crippen molar-refractivity contribution in [3.8, 4) is 0 Å². The van der Waals surface area contributed by atoms with Crippen LogP contribution in [0.1, 0.15) is 65.4 Å². The van der Waals surface area contributed by atoms with Gasteiger partial charge in [-0.05, 0) is 37.0 Å². The number of aliphatic hydroxyl groups is 1. The summed E-state index contributed by atoms with van der Waals surface area (Å²) in [6, 6.07) is 2.93. The number of ketones is 1. The van der Waals surface area contributed by atoms with Gasteiger partial charge < -0.3 is 14.6 Å². The van der Waals surface area contributed by atoms with Crippen LogP contribution in [0.2, 0.25) is 0 Å². The molecule has 0 unspecified atom stereocenters. The SMILES string of the molecule is C=C(C(C)=O)C(C)C.C=C(C)c1ccc(C(C)(F)F)nc1COCCOC.CC.CO. The zero-order valence-corrected chi connectivity index (χ0v) is 20.6. The first-order chi connectivity index (χ1) is 14.4. The molecule has 5 nitrogen and oxygen atoms in total. The summed E-state index contributed by atoms with van der Waals surface area (Å²) in [6.45, 7) is 20.5. The Balaban J connectivity index is -0.000000548. The van der Waals surface area contributed by atoms with Crippen molar-refractivity contribution in [2.75, 3.05) is 27.4 Å². The van der Waals surface area contributed by atoms with Crippen LogP contribution in [0.5, 0.6) is 0 Å². The number of carbonyl (C=O) groups excluding carboxylic acids is 1. The summed E-state index contributed by atoms with van der Waals surface area (Å²) < 4.78 is 36.7. The van der Waals surface area contributed by atoms with Crippen LogP contribution >= 0.6 is 0 Å². The van der Waals surface area contributed by atoms with Crippen molar-refractivity contribution >= 4 is 11.4 Å². The number of Topliss-reactive ketones (excluding diaryl/α,β-unsaturated/α-hetero) is 1. The van der Waals surface area contributed by atoms with Gasteiger partial charge in [-0.25, -0.2) is 4.98 Å². The van der Waals surface area contributed by atoms with Crippen molar-refractivity contribution in [2.24, 2.45) is 5.92 Å². The first-order valence-electron chi connectivity index (χ1n) is 10.2. The second-order valence-electron chi connectivity index (χ2n) is 6.64. The van der Waals surface area contributed by atoms with Gasteiger partial charge in [-0.15, -0.1) is 0 Å². The molecule has 0 saturated carbocycles. The molecule has 0 aliphatic rings. The third kappa shape index (κ3) is 15.5. The van der Waals surface area contributed by atoms with E-state index in [0.717, 1.165) is 25.2 Å². The fourth-order valence-corrected chi connectivity index (χ4v) is 1.96. The molecular formula is C24H41F2NO4. The standard InChI is InChI=1S/C14H19F2NO2.C7H12O.C2H6.CH4O/c1-10(2)11-5-6-13(14(3,15)16)17-12(11)9-19-8-7-18-4;1-5(2)6(3)7(4)8;2*1-2/h5-6H,1,7-9H2,2-4H3;5H,3H2,1-2,4H3;1-2H3;2H,1H3. The van der Waals surface area contributed by atoms with Gasteiger partial charge in [-0.2, -0.15) is 8.78 Å². The molecule has 0 fully saturated rings. The lowest BCUT2D eigenvalue weighted by atomic mass is 10.0. The molecule has 0 aliphatic heterocycles. The van der Waals surface area contributed by atoms with E-state index in [4.69, 9.17) is 14.6 Å². The quantitative estimate of drug-likeness (QED) is 0.384. The highest BCUT2D eigenvalue weighted by Gasteiger charge is 2.27. The van der Waals surface area contributed by atoms with Crippen molar-refractivity contribution in [2.45, 2.75) is 61.0 Å². The molecule has 1 heterocycles. The topological polar surface area (TPSA) is 68.7 Å². The summed E-state index contributed by atoms with van der Waals surface area (Å²) in [5.74, 6) is -2.57. The highest BCUT2D eigenvalue weighted by molar-refractivity contribution is 5.92. The second kappa shape index (κ2) is 18.8. The maximum absolute atomic E-state index is 13.3. The highest BCUT2D eigenvalue weighted by atomic mass is 19.3.